The van der Waals surface area contributed by atoms with E-state index in [4.69, 9.17) is 4.74 Å². The van der Waals surface area contributed by atoms with Gasteiger partial charge in [-0.15, -0.1) is 0 Å². The second kappa shape index (κ2) is 9.82. The van der Waals surface area contributed by atoms with Gasteiger partial charge in [0.15, 0.2) is 5.96 Å². The average Bonchev–Trinajstić information content (AvgIpc) is 2.65. The molecular weight excluding hydrogens is 326 g/mol. The monoisotopic (exact) mass is 355 g/mol. The number of hydrogen-bond donors (Lipinski definition) is 3. The van der Waals surface area contributed by atoms with Crippen LogP contribution < -0.4 is 15.4 Å². The second-order valence-corrected chi connectivity index (χ2v) is 6.29. The molecule has 0 spiro atoms. The Bertz CT molecular complexity index is 727. The second-order valence-electron chi connectivity index (χ2n) is 6.29. The molecule has 0 aliphatic carbocycles. The van der Waals surface area contributed by atoms with Gasteiger partial charge in [0.05, 0.1) is 19.8 Å². The first-order valence-electron chi connectivity index (χ1n) is 8.93. The number of aryl methyl sites for hydroxylation is 2. The summed E-state index contributed by atoms with van der Waals surface area (Å²) < 4.78 is 5.14. The molecule has 0 aromatic heterocycles. The molecule has 5 nitrogen and oxygen atoms in total. The van der Waals surface area contributed by atoms with E-state index in [0.717, 1.165) is 17.9 Å². The van der Waals surface area contributed by atoms with E-state index < -0.39 is 6.10 Å². The Labute approximate surface area is 156 Å². The Morgan fingerprint density at radius 3 is 2.46 bits per heavy atom. The predicted molar refractivity (Wildman–Crippen MR) is 107 cm³/mol. The molecule has 1 atom stereocenters. The van der Waals surface area contributed by atoms with Gasteiger partial charge in [-0.1, -0.05) is 35.9 Å². The van der Waals surface area contributed by atoms with E-state index in [9.17, 15) is 5.11 Å². The number of methoxy groups -OCH3 is 1. The van der Waals surface area contributed by atoms with Crippen molar-refractivity contribution in [2.45, 2.75) is 33.4 Å². The van der Waals surface area contributed by atoms with Gasteiger partial charge < -0.3 is 20.5 Å². The van der Waals surface area contributed by atoms with Crippen LogP contribution in [0, 0.1) is 13.8 Å². The third kappa shape index (κ3) is 5.77. The summed E-state index contributed by atoms with van der Waals surface area (Å²) in [6.45, 7) is 7.95. The van der Waals surface area contributed by atoms with Crippen molar-refractivity contribution in [3.05, 3.63) is 64.7 Å². The largest absolute Gasteiger partial charge is 0.497 e. The van der Waals surface area contributed by atoms with E-state index in [1.54, 1.807) is 7.11 Å². The molecular formula is C21H29N3O2. The van der Waals surface area contributed by atoms with Gasteiger partial charge in [0.1, 0.15) is 5.75 Å². The van der Waals surface area contributed by atoms with Gasteiger partial charge in [0.2, 0.25) is 0 Å². The maximum Gasteiger partial charge on any atom is 0.191 e. The van der Waals surface area contributed by atoms with Crippen LogP contribution in [0.5, 0.6) is 5.75 Å². The van der Waals surface area contributed by atoms with Gasteiger partial charge in [-0.05, 0) is 49.6 Å². The number of benzene rings is 2. The van der Waals surface area contributed by atoms with Crippen molar-refractivity contribution in [3.8, 4) is 5.75 Å². The molecule has 1 unspecified atom stereocenters. The molecule has 0 aliphatic rings. The highest BCUT2D eigenvalue weighted by Crippen LogP contribution is 2.17. The highest BCUT2D eigenvalue weighted by Gasteiger charge is 2.09. The normalized spacial score (nSPS) is 12.6. The van der Waals surface area contributed by atoms with E-state index in [-0.39, 0.29) is 0 Å². The Morgan fingerprint density at radius 2 is 1.85 bits per heavy atom. The molecule has 140 valence electrons. The Kier molecular flexibility index (Phi) is 7.48. The third-order valence-electron chi connectivity index (χ3n) is 4.21. The first-order valence-corrected chi connectivity index (χ1v) is 8.93. The quantitative estimate of drug-likeness (QED) is 0.527. The lowest BCUT2D eigenvalue weighted by Gasteiger charge is -2.16. The zero-order valence-electron chi connectivity index (χ0n) is 16.0. The highest BCUT2D eigenvalue weighted by molar-refractivity contribution is 5.79. The fourth-order valence-corrected chi connectivity index (χ4v) is 2.67. The molecule has 2 aromatic carbocycles. The van der Waals surface area contributed by atoms with Gasteiger partial charge >= 0.3 is 0 Å². The van der Waals surface area contributed by atoms with Gasteiger partial charge in [-0.2, -0.15) is 0 Å². The van der Waals surface area contributed by atoms with Crippen LogP contribution >= 0.6 is 0 Å². The van der Waals surface area contributed by atoms with Crippen molar-refractivity contribution >= 4 is 5.96 Å². The summed E-state index contributed by atoms with van der Waals surface area (Å²) in [6, 6.07) is 13.8. The molecule has 0 radical (unpaired) electrons. The molecule has 3 N–H and O–H groups in total. The van der Waals surface area contributed by atoms with Crippen molar-refractivity contribution in [2.24, 2.45) is 4.99 Å². The first kappa shape index (κ1) is 19.8. The summed E-state index contributed by atoms with van der Waals surface area (Å²) >= 11 is 0. The minimum atomic E-state index is -0.620. The number of rotatable bonds is 7. The highest BCUT2D eigenvalue weighted by atomic mass is 16.5. The minimum absolute atomic E-state index is 0.380. The van der Waals surface area contributed by atoms with Crippen LogP contribution in [-0.4, -0.2) is 31.3 Å². The minimum Gasteiger partial charge on any atom is -0.497 e. The fraction of sp³-hybridized carbons (Fsp3) is 0.381. The van der Waals surface area contributed by atoms with Crippen LogP contribution in [0.3, 0.4) is 0 Å². The van der Waals surface area contributed by atoms with Crippen LogP contribution in [-0.2, 0) is 6.54 Å². The number of ether oxygens (including phenoxy) is 1. The standard InChI is InChI=1S/C21H29N3O2/c1-5-22-21(23-13-18-7-6-15(2)12-16(18)3)24-14-20(25)17-8-10-19(26-4)11-9-17/h6-12,20,25H,5,13-14H2,1-4H3,(H2,22,23,24). The average molecular weight is 355 g/mol. The van der Waals surface area contributed by atoms with Gasteiger partial charge in [-0.25, -0.2) is 4.99 Å². The number of aliphatic hydroxyl groups excluding tert-OH is 1. The maximum atomic E-state index is 10.4. The molecule has 26 heavy (non-hydrogen) atoms. The number of nitrogens with one attached hydrogen (secondary N) is 2. The number of nitrogens with zero attached hydrogens (tertiary/aromatic N) is 1. The Balaban J connectivity index is 1.97. The van der Waals surface area contributed by atoms with Crippen molar-refractivity contribution in [2.75, 3.05) is 20.2 Å². The summed E-state index contributed by atoms with van der Waals surface area (Å²) in [5.74, 6) is 1.47. The Morgan fingerprint density at radius 1 is 1.12 bits per heavy atom. The number of hydrogen-bond acceptors (Lipinski definition) is 3. The van der Waals surface area contributed by atoms with Gasteiger partial charge in [0.25, 0.3) is 0 Å². The van der Waals surface area contributed by atoms with E-state index >= 15 is 0 Å². The van der Waals surface area contributed by atoms with E-state index in [2.05, 4.69) is 47.7 Å². The summed E-state index contributed by atoms with van der Waals surface area (Å²) in [4.78, 5) is 4.63. The molecule has 5 heteroatoms. The molecule has 2 aromatic rings. The number of aliphatic hydroxyl groups is 1. The van der Waals surface area contributed by atoms with Crippen LogP contribution in [0.15, 0.2) is 47.5 Å². The van der Waals surface area contributed by atoms with Crippen LogP contribution in [0.25, 0.3) is 0 Å². The van der Waals surface area contributed by atoms with Crippen molar-refractivity contribution in [1.82, 2.24) is 10.6 Å². The maximum absolute atomic E-state index is 10.4. The van der Waals surface area contributed by atoms with Crippen molar-refractivity contribution in [3.63, 3.8) is 0 Å². The molecule has 0 saturated carbocycles. The topological polar surface area (TPSA) is 65.9 Å². The van der Waals surface area contributed by atoms with Crippen LogP contribution in [0.2, 0.25) is 0 Å². The third-order valence-corrected chi connectivity index (χ3v) is 4.21. The van der Waals surface area contributed by atoms with E-state index in [0.29, 0.717) is 19.0 Å². The molecule has 0 amide bonds. The molecule has 0 aliphatic heterocycles. The molecule has 0 heterocycles. The van der Waals surface area contributed by atoms with Crippen molar-refractivity contribution < 1.29 is 9.84 Å². The van der Waals surface area contributed by atoms with Crippen molar-refractivity contribution in [1.29, 1.82) is 0 Å². The lowest BCUT2D eigenvalue weighted by atomic mass is 10.1. The lowest BCUT2D eigenvalue weighted by Crippen LogP contribution is -2.39. The molecule has 0 saturated heterocycles. The van der Waals surface area contributed by atoms with Crippen LogP contribution in [0.4, 0.5) is 0 Å². The number of aliphatic imine (C=N–C) groups is 1. The summed E-state index contributed by atoms with van der Waals surface area (Å²) in [5.41, 5.74) is 4.53. The number of guanidine groups is 1. The fourth-order valence-electron chi connectivity index (χ4n) is 2.67. The molecule has 0 fully saturated rings. The smallest absolute Gasteiger partial charge is 0.191 e. The Hall–Kier alpha value is -2.53. The molecule has 0 bridgehead atoms. The summed E-state index contributed by atoms with van der Waals surface area (Å²) in [7, 11) is 1.63. The van der Waals surface area contributed by atoms with E-state index in [1.807, 2.05) is 31.2 Å². The zero-order valence-corrected chi connectivity index (χ0v) is 16.0. The van der Waals surface area contributed by atoms with Crippen LogP contribution in [0.1, 0.15) is 35.3 Å². The zero-order chi connectivity index (χ0) is 18.9. The molecule has 2 rings (SSSR count). The summed E-state index contributed by atoms with van der Waals surface area (Å²) in [6.07, 6.45) is -0.620. The SMILES string of the molecule is CCNC(=NCc1ccc(C)cc1C)NCC(O)c1ccc(OC)cc1. The predicted octanol–water partition coefficient (Wildman–Crippen LogP) is 3.10. The lowest BCUT2D eigenvalue weighted by molar-refractivity contribution is 0.180. The first-order chi connectivity index (χ1) is 12.5. The summed E-state index contributed by atoms with van der Waals surface area (Å²) in [5, 5.41) is 16.8. The van der Waals surface area contributed by atoms with Gasteiger partial charge in [0, 0.05) is 13.1 Å². The van der Waals surface area contributed by atoms with Gasteiger partial charge in [-0.3, -0.25) is 0 Å². The van der Waals surface area contributed by atoms with E-state index in [1.165, 1.54) is 16.7 Å².